The minimum absolute atomic E-state index is 0. The maximum Gasteiger partial charge on any atom is 3.00 e. The molecular weight excluding hydrogens is 504 g/mol. The van der Waals surface area contributed by atoms with Gasteiger partial charge in [-0.3, -0.25) is 4.99 Å². The Morgan fingerprint density at radius 3 is 2.33 bits per heavy atom. The van der Waals surface area contributed by atoms with Crippen LogP contribution in [0.3, 0.4) is 0 Å². The minimum Gasteiger partial charge on any atom is -1.00 e. The Kier molecular flexibility index (Phi) is 7.80. The second-order valence-corrected chi connectivity index (χ2v) is 12.2. The molecule has 1 aliphatic carbocycles. The molecule has 3 aromatic carbocycles. The molecule has 0 saturated carbocycles. The molecule has 3 aromatic rings. The van der Waals surface area contributed by atoms with Gasteiger partial charge in [0, 0.05) is 11.3 Å². The van der Waals surface area contributed by atoms with Gasteiger partial charge in [0.25, 0.3) is 0 Å². The maximum absolute atomic E-state index is 4.56. The van der Waals surface area contributed by atoms with Crippen LogP contribution in [0.4, 0.5) is 0 Å². The van der Waals surface area contributed by atoms with Gasteiger partial charge in [-0.1, -0.05) is 61.1 Å². The maximum atomic E-state index is 4.56. The van der Waals surface area contributed by atoms with Gasteiger partial charge in [0.15, 0.2) is 0 Å². The Morgan fingerprint density at radius 1 is 0.867 bits per heavy atom. The molecule has 2 heterocycles. The molecule has 3 aliphatic rings. The van der Waals surface area contributed by atoms with Crippen molar-refractivity contribution < 1.29 is 51.0 Å². The quantitative estimate of drug-likeness (QED) is 0.326. The smallest absolute Gasteiger partial charge is 1.00 e. The zero-order chi connectivity index (χ0) is 18.6. The van der Waals surface area contributed by atoms with Crippen LogP contribution in [0, 0.1) is 0 Å². The standard InChI is InChI=1S/C15H11.C10H11NSi.2ClH.Zr/c1-2-6-12(7-3-1)14-10-4-8-13-9-5-11-15(13)14;1-6-10-9-7(11-6)4-5-8(9)12(10,2)3;;;/h1-11H;4-5H,1-3H3;2*1H;/q-1;;;;+3/p-2. The van der Waals surface area contributed by atoms with Crippen LogP contribution >= 0.6 is 0 Å². The number of benzene rings is 2. The van der Waals surface area contributed by atoms with Crippen LogP contribution in [0.25, 0.3) is 21.9 Å². The fourth-order valence-electron chi connectivity index (χ4n) is 4.63. The van der Waals surface area contributed by atoms with Crippen molar-refractivity contribution in [2.75, 3.05) is 0 Å². The summed E-state index contributed by atoms with van der Waals surface area (Å²) in [7, 11) is -1.17. The summed E-state index contributed by atoms with van der Waals surface area (Å²) in [5.41, 5.74) is 6.60. The Morgan fingerprint density at radius 2 is 1.60 bits per heavy atom. The summed E-state index contributed by atoms with van der Waals surface area (Å²) in [4.78, 5) is 4.56. The number of allylic oxidation sites excluding steroid dienone is 4. The third kappa shape index (κ3) is 3.82. The molecule has 0 aromatic heterocycles. The molecule has 0 bridgehead atoms. The van der Waals surface area contributed by atoms with Gasteiger partial charge in [0.1, 0.15) is 8.07 Å². The van der Waals surface area contributed by atoms with E-state index in [2.05, 4.69) is 104 Å². The van der Waals surface area contributed by atoms with E-state index in [9.17, 15) is 0 Å². The predicted octanol–water partition coefficient (Wildman–Crippen LogP) is 0.613. The van der Waals surface area contributed by atoms with Crippen molar-refractivity contribution in [1.29, 1.82) is 0 Å². The average Bonchev–Trinajstić information content (AvgIpc) is 3.34. The first-order chi connectivity index (χ1) is 13.1. The summed E-state index contributed by atoms with van der Waals surface area (Å²) in [6.07, 6.45) is 4.44. The fourth-order valence-corrected chi connectivity index (χ4v) is 7.94. The first-order valence-electron chi connectivity index (χ1n) is 9.51. The van der Waals surface area contributed by atoms with Gasteiger partial charge in [-0.2, -0.15) is 12.1 Å². The van der Waals surface area contributed by atoms with Gasteiger partial charge in [-0.25, -0.2) is 0 Å². The van der Waals surface area contributed by atoms with E-state index < -0.39 is 8.07 Å². The van der Waals surface area contributed by atoms with E-state index >= 15 is 0 Å². The third-order valence-corrected chi connectivity index (χ3v) is 9.52. The summed E-state index contributed by atoms with van der Waals surface area (Å²) in [6.45, 7) is 6.98. The molecule has 30 heavy (non-hydrogen) atoms. The van der Waals surface area contributed by atoms with Gasteiger partial charge >= 0.3 is 26.2 Å². The monoisotopic (exact) mass is 524 g/mol. The molecule has 5 heteroatoms. The van der Waals surface area contributed by atoms with E-state index in [-0.39, 0.29) is 51.0 Å². The third-order valence-electron chi connectivity index (χ3n) is 5.89. The SMILES string of the molecule is CC1=NC2=CC=C3C2=C1[Si]3(C)C.[Cl-].[Cl-].[Zr+3].c1ccc(-c2cccc3[cH-]ccc23)cc1. The van der Waals surface area contributed by atoms with E-state index in [1.165, 1.54) is 38.9 Å². The number of fused-ring (bicyclic) bond motifs is 1. The molecule has 2 aliphatic heterocycles. The van der Waals surface area contributed by atoms with Gasteiger partial charge < -0.3 is 24.8 Å². The Balaban J connectivity index is 0.000000197. The topological polar surface area (TPSA) is 12.4 Å². The number of rotatable bonds is 1. The van der Waals surface area contributed by atoms with Crippen LogP contribution in [-0.4, -0.2) is 13.8 Å². The summed E-state index contributed by atoms with van der Waals surface area (Å²) < 4.78 is 0. The van der Waals surface area contributed by atoms with Gasteiger partial charge in [-0.05, 0) is 29.0 Å². The van der Waals surface area contributed by atoms with Crippen molar-refractivity contribution >= 4 is 24.6 Å². The van der Waals surface area contributed by atoms with Crippen molar-refractivity contribution in [3.63, 3.8) is 0 Å². The molecule has 1 nitrogen and oxygen atoms in total. The van der Waals surface area contributed by atoms with Gasteiger partial charge in [0.05, 0.1) is 5.70 Å². The molecule has 0 saturated heterocycles. The molecule has 1 radical (unpaired) electrons. The first kappa shape index (κ1) is 24.9. The summed E-state index contributed by atoms with van der Waals surface area (Å²) in [5, 5.41) is 5.88. The molecule has 0 amide bonds. The first-order valence-corrected chi connectivity index (χ1v) is 12.5. The number of hydrogen-bond donors (Lipinski definition) is 0. The van der Waals surface area contributed by atoms with E-state index in [0.29, 0.717) is 0 Å². The van der Waals surface area contributed by atoms with Crippen LogP contribution < -0.4 is 24.8 Å². The van der Waals surface area contributed by atoms with Gasteiger partial charge in [-0.15, -0.1) is 29.0 Å². The fraction of sp³-hybridized carbons (Fsp3) is 0.120. The second-order valence-electron chi connectivity index (χ2n) is 7.90. The van der Waals surface area contributed by atoms with E-state index in [1.807, 2.05) is 0 Å². The van der Waals surface area contributed by atoms with Crippen molar-refractivity contribution in [2.45, 2.75) is 20.0 Å². The average molecular weight is 527 g/mol. The molecule has 0 N–H and O–H groups in total. The van der Waals surface area contributed by atoms with E-state index in [0.717, 1.165) is 0 Å². The second kappa shape index (κ2) is 9.40. The molecule has 6 rings (SSSR count). The number of nitrogens with zero attached hydrogens (tertiary/aromatic N) is 1. The minimum atomic E-state index is -1.17. The van der Waals surface area contributed by atoms with Crippen LogP contribution in [0.15, 0.2) is 106 Å². The number of halogens is 2. The summed E-state index contributed by atoms with van der Waals surface area (Å²) >= 11 is 0. The number of hydrogen-bond acceptors (Lipinski definition) is 1. The zero-order valence-electron chi connectivity index (χ0n) is 17.2. The zero-order valence-corrected chi connectivity index (χ0v) is 22.2. The predicted molar refractivity (Wildman–Crippen MR) is 119 cm³/mol. The molecule has 149 valence electrons. The van der Waals surface area contributed by atoms with Crippen LogP contribution in [0.1, 0.15) is 6.92 Å². The van der Waals surface area contributed by atoms with Crippen molar-refractivity contribution in [1.82, 2.24) is 0 Å². The molecule has 0 unspecified atom stereocenters. The summed E-state index contributed by atoms with van der Waals surface area (Å²) in [6, 6.07) is 23.4. The number of aliphatic imine (C=N–C) groups is 1. The van der Waals surface area contributed by atoms with Crippen LogP contribution in [-0.2, 0) is 26.2 Å². The molecule has 0 spiro atoms. The van der Waals surface area contributed by atoms with Crippen LogP contribution in [0.5, 0.6) is 0 Å². The molecule has 0 atom stereocenters. The van der Waals surface area contributed by atoms with E-state index in [1.54, 1.807) is 10.4 Å². The van der Waals surface area contributed by atoms with Crippen molar-refractivity contribution in [3.05, 3.63) is 101 Å². The summed E-state index contributed by atoms with van der Waals surface area (Å²) in [5.74, 6) is 0. The molecule has 0 fully saturated rings. The van der Waals surface area contributed by atoms with Crippen molar-refractivity contribution in [2.24, 2.45) is 4.99 Å². The molecular formula is C25H22Cl2NSiZr. The van der Waals surface area contributed by atoms with Crippen LogP contribution in [0.2, 0.25) is 13.1 Å². The van der Waals surface area contributed by atoms with Gasteiger partial charge in [0.2, 0.25) is 0 Å². The Bertz CT molecular complexity index is 1200. The largest absolute Gasteiger partial charge is 3.00 e. The van der Waals surface area contributed by atoms with Crippen molar-refractivity contribution in [3.8, 4) is 11.1 Å². The van der Waals surface area contributed by atoms with E-state index in [4.69, 9.17) is 0 Å². The normalized spacial score (nSPS) is 16.4. The Hall–Kier alpha value is -1.38. The Labute approximate surface area is 211 Å².